The molecule has 0 saturated heterocycles. The number of nitrogens with zero attached hydrogens (tertiary/aromatic N) is 1. The Morgan fingerprint density at radius 3 is 2.54 bits per heavy atom. The summed E-state index contributed by atoms with van der Waals surface area (Å²) in [7, 11) is 0. The molecular formula is C11H19NO. The standard InChI is InChI=1S/C11H19NO/c1-4-11(3,5-2)12-9-7-6-8-10(12)13/h6,8H,4-5,7,9H2,1-3H3. The minimum absolute atomic E-state index is 0.0574. The summed E-state index contributed by atoms with van der Waals surface area (Å²) in [6, 6.07) is 0. The molecule has 13 heavy (non-hydrogen) atoms. The lowest BCUT2D eigenvalue weighted by atomic mass is 9.92. The second kappa shape index (κ2) is 3.95. The summed E-state index contributed by atoms with van der Waals surface area (Å²) in [6.07, 6.45) is 6.73. The quantitative estimate of drug-likeness (QED) is 0.654. The summed E-state index contributed by atoms with van der Waals surface area (Å²) in [4.78, 5) is 13.6. The third-order valence-electron chi connectivity index (χ3n) is 3.22. The van der Waals surface area contributed by atoms with Crippen molar-refractivity contribution in [2.45, 2.75) is 45.6 Å². The highest BCUT2D eigenvalue weighted by Crippen LogP contribution is 2.25. The fourth-order valence-electron chi connectivity index (χ4n) is 1.76. The molecule has 0 aromatic heterocycles. The Morgan fingerprint density at radius 1 is 1.46 bits per heavy atom. The van der Waals surface area contributed by atoms with Gasteiger partial charge in [-0.3, -0.25) is 4.79 Å². The Kier molecular flexibility index (Phi) is 3.12. The van der Waals surface area contributed by atoms with Crippen LogP contribution in [0.2, 0.25) is 0 Å². The number of carbonyl (C=O) groups excluding carboxylic acids is 1. The summed E-state index contributed by atoms with van der Waals surface area (Å²) < 4.78 is 0. The predicted molar refractivity (Wildman–Crippen MR) is 54.5 cm³/mol. The van der Waals surface area contributed by atoms with E-state index in [1.807, 2.05) is 11.0 Å². The highest BCUT2D eigenvalue weighted by Gasteiger charge is 2.31. The predicted octanol–water partition coefficient (Wildman–Crippen LogP) is 2.35. The van der Waals surface area contributed by atoms with Gasteiger partial charge in [0, 0.05) is 12.1 Å². The molecule has 1 aliphatic rings. The first-order chi connectivity index (χ1) is 6.14. The topological polar surface area (TPSA) is 20.3 Å². The van der Waals surface area contributed by atoms with Crippen molar-refractivity contribution in [2.75, 3.05) is 6.54 Å². The molecule has 74 valence electrons. The SMILES string of the molecule is CCC(C)(CC)N1CCC=CC1=O. The highest BCUT2D eigenvalue weighted by atomic mass is 16.2. The van der Waals surface area contributed by atoms with Crippen LogP contribution in [-0.2, 0) is 4.79 Å². The Balaban J connectivity index is 2.80. The highest BCUT2D eigenvalue weighted by molar-refractivity contribution is 5.88. The van der Waals surface area contributed by atoms with E-state index in [1.165, 1.54) is 0 Å². The molecule has 0 N–H and O–H groups in total. The molecule has 0 atom stereocenters. The van der Waals surface area contributed by atoms with Gasteiger partial charge in [0.1, 0.15) is 0 Å². The Morgan fingerprint density at radius 2 is 2.08 bits per heavy atom. The number of hydrogen-bond donors (Lipinski definition) is 0. The van der Waals surface area contributed by atoms with Gasteiger partial charge in [0.2, 0.25) is 5.91 Å². The summed E-state index contributed by atoms with van der Waals surface area (Å²) >= 11 is 0. The molecular weight excluding hydrogens is 162 g/mol. The molecule has 0 aromatic carbocycles. The van der Waals surface area contributed by atoms with Gasteiger partial charge in [-0.1, -0.05) is 19.9 Å². The maximum Gasteiger partial charge on any atom is 0.246 e. The second-order valence-corrected chi connectivity index (χ2v) is 3.88. The summed E-state index contributed by atoms with van der Waals surface area (Å²) in [5.41, 5.74) is 0.0574. The number of amides is 1. The Bertz CT molecular complexity index is 216. The molecule has 2 nitrogen and oxygen atoms in total. The van der Waals surface area contributed by atoms with E-state index < -0.39 is 0 Å². The normalized spacial score (nSPS) is 18.1. The molecule has 1 aliphatic heterocycles. The van der Waals surface area contributed by atoms with Gasteiger partial charge in [0.05, 0.1) is 0 Å². The minimum Gasteiger partial charge on any atom is -0.333 e. The number of hydrogen-bond acceptors (Lipinski definition) is 1. The third-order valence-corrected chi connectivity index (χ3v) is 3.22. The Labute approximate surface area is 80.6 Å². The maximum absolute atomic E-state index is 11.6. The van der Waals surface area contributed by atoms with Crippen LogP contribution < -0.4 is 0 Å². The van der Waals surface area contributed by atoms with Gasteiger partial charge in [-0.15, -0.1) is 0 Å². The van der Waals surface area contributed by atoms with Crippen LogP contribution in [0.4, 0.5) is 0 Å². The molecule has 0 radical (unpaired) electrons. The van der Waals surface area contributed by atoms with Crippen molar-refractivity contribution in [2.24, 2.45) is 0 Å². The van der Waals surface area contributed by atoms with Gasteiger partial charge in [0.15, 0.2) is 0 Å². The lowest BCUT2D eigenvalue weighted by Gasteiger charge is -2.41. The molecule has 1 heterocycles. The first-order valence-electron chi connectivity index (χ1n) is 5.12. The van der Waals surface area contributed by atoms with E-state index in [9.17, 15) is 4.79 Å². The molecule has 2 heteroatoms. The fraction of sp³-hybridized carbons (Fsp3) is 0.727. The fourth-order valence-corrected chi connectivity index (χ4v) is 1.76. The van der Waals surface area contributed by atoms with E-state index in [2.05, 4.69) is 20.8 Å². The number of rotatable bonds is 3. The van der Waals surface area contributed by atoms with E-state index in [0.717, 1.165) is 25.8 Å². The molecule has 0 unspecified atom stereocenters. The van der Waals surface area contributed by atoms with E-state index in [4.69, 9.17) is 0 Å². The average Bonchev–Trinajstić information content (AvgIpc) is 2.17. The summed E-state index contributed by atoms with van der Waals surface area (Å²) in [5.74, 6) is 0.178. The van der Waals surface area contributed by atoms with Crippen LogP contribution in [0, 0.1) is 0 Å². The lowest BCUT2D eigenvalue weighted by molar-refractivity contribution is -0.132. The van der Waals surface area contributed by atoms with Gasteiger partial charge in [0.25, 0.3) is 0 Å². The van der Waals surface area contributed by atoms with Crippen molar-refractivity contribution in [3.63, 3.8) is 0 Å². The van der Waals surface area contributed by atoms with Crippen LogP contribution in [0.25, 0.3) is 0 Å². The largest absolute Gasteiger partial charge is 0.333 e. The van der Waals surface area contributed by atoms with Gasteiger partial charge in [-0.05, 0) is 32.3 Å². The van der Waals surface area contributed by atoms with Crippen molar-refractivity contribution in [3.8, 4) is 0 Å². The van der Waals surface area contributed by atoms with E-state index >= 15 is 0 Å². The zero-order chi connectivity index (χ0) is 9.90. The van der Waals surface area contributed by atoms with Crippen LogP contribution in [0.15, 0.2) is 12.2 Å². The molecule has 0 aliphatic carbocycles. The van der Waals surface area contributed by atoms with E-state index in [0.29, 0.717) is 0 Å². The van der Waals surface area contributed by atoms with Gasteiger partial charge in [-0.25, -0.2) is 0 Å². The molecule has 1 amide bonds. The van der Waals surface area contributed by atoms with Crippen molar-refractivity contribution in [1.82, 2.24) is 4.90 Å². The minimum atomic E-state index is 0.0574. The van der Waals surface area contributed by atoms with Crippen molar-refractivity contribution in [3.05, 3.63) is 12.2 Å². The molecule has 1 rings (SSSR count). The van der Waals surface area contributed by atoms with Gasteiger partial charge < -0.3 is 4.90 Å². The maximum atomic E-state index is 11.6. The molecule has 0 spiro atoms. The van der Waals surface area contributed by atoms with Crippen LogP contribution in [-0.4, -0.2) is 22.9 Å². The zero-order valence-electron chi connectivity index (χ0n) is 8.84. The monoisotopic (exact) mass is 181 g/mol. The van der Waals surface area contributed by atoms with Gasteiger partial charge in [-0.2, -0.15) is 0 Å². The molecule has 0 bridgehead atoms. The third kappa shape index (κ3) is 1.93. The summed E-state index contributed by atoms with van der Waals surface area (Å²) in [6.45, 7) is 7.35. The van der Waals surface area contributed by atoms with Crippen LogP contribution in [0.5, 0.6) is 0 Å². The molecule has 0 aromatic rings. The van der Waals surface area contributed by atoms with Crippen molar-refractivity contribution >= 4 is 5.91 Å². The second-order valence-electron chi connectivity index (χ2n) is 3.88. The zero-order valence-corrected chi connectivity index (χ0v) is 8.84. The summed E-state index contributed by atoms with van der Waals surface area (Å²) in [5, 5.41) is 0. The first kappa shape index (κ1) is 10.3. The van der Waals surface area contributed by atoms with E-state index in [1.54, 1.807) is 6.08 Å². The van der Waals surface area contributed by atoms with Crippen LogP contribution in [0.1, 0.15) is 40.0 Å². The van der Waals surface area contributed by atoms with Crippen molar-refractivity contribution < 1.29 is 4.79 Å². The van der Waals surface area contributed by atoms with E-state index in [-0.39, 0.29) is 11.4 Å². The molecule has 0 fully saturated rings. The average molecular weight is 181 g/mol. The molecule has 0 saturated carbocycles. The smallest absolute Gasteiger partial charge is 0.246 e. The van der Waals surface area contributed by atoms with Crippen molar-refractivity contribution in [1.29, 1.82) is 0 Å². The van der Waals surface area contributed by atoms with Crippen LogP contribution in [0.3, 0.4) is 0 Å². The van der Waals surface area contributed by atoms with Crippen LogP contribution >= 0.6 is 0 Å². The van der Waals surface area contributed by atoms with Gasteiger partial charge >= 0.3 is 0 Å². The first-order valence-corrected chi connectivity index (χ1v) is 5.12. The Hall–Kier alpha value is -0.790. The number of carbonyl (C=O) groups is 1. The lowest BCUT2D eigenvalue weighted by Crippen LogP contribution is -2.49.